The second-order valence-corrected chi connectivity index (χ2v) is 10.9. The SMILES string of the molecule is CC1=C(C(=O)Nc2ccc(S(N)(=O)=O)cc2)[C@@H](c2ccco2)C(C#N)=C(SCC(=O)Nc2ccc(F)cc2)N1. The fourth-order valence-corrected chi connectivity index (χ4v) is 5.27. The van der Waals surface area contributed by atoms with Gasteiger partial charge in [-0.15, -0.1) is 0 Å². The van der Waals surface area contributed by atoms with E-state index in [0.717, 1.165) is 11.8 Å². The van der Waals surface area contributed by atoms with Crippen molar-refractivity contribution in [3.63, 3.8) is 0 Å². The number of rotatable bonds is 8. The van der Waals surface area contributed by atoms with Gasteiger partial charge in [-0.3, -0.25) is 9.59 Å². The molecule has 0 aliphatic carbocycles. The van der Waals surface area contributed by atoms with Crippen molar-refractivity contribution in [3.05, 3.63) is 100 Å². The number of nitrogens with two attached hydrogens (primary N) is 1. The monoisotopic (exact) mass is 567 g/mol. The molecule has 0 radical (unpaired) electrons. The summed E-state index contributed by atoms with van der Waals surface area (Å²) in [6, 6.07) is 16.0. The van der Waals surface area contributed by atoms with Crippen molar-refractivity contribution in [1.29, 1.82) is 5.26 Å². The Morgan fingerprint density at radius 2 is 1.74 bits per heavy atom. The van der Waals surface area contributed by atoms with Crippen LogP contribution in [0.1, 0.15) is 18.6 Å². The Balaban J connectivity index is 1.57. The highest BCUT2D eigenvalue weighted by molar-refractivity contribution is 8.03. The van der Waals surface area contributed by atoms with Gasteiger partial charge in [-0.2, -0.15) is 5.26 Å². The highest BCUT2D eigenvalue weighted by Crippen LogP contribution is 2.41. The second-order valence-electron chi connectivity index (χ2n) is 8.33. The molecule has 13 heteroatoms. The predicted molar refractivity (Wildman–Crippen MR) is 144 cm³/mol. The first-order chi connectivity index (χ1) is 18.6. The third-order valence-corrected chi connectivity index (χ3v) is 7.58. The first-order valence-electron chi connectivity index (χ1n) is 11.3. The molecular weight excluding hydrogens is 545 g/mol. The number of primary sulfonamides is 1. The van der Waals surface area contributed by atoms with E-state index in [-0.39, 0.29) is 27.7 Å². The van der Waals surface area contributed by atoms with Crippen LogP contribution in [0.3, 0.4) is 0 Å². The number of carbonyl (C=O) groups is 2. The molecule has 2 amide bonds. The fraction of sp³-hybridized carbons (Fsp3) is 0.115. The van der Waals surface area contributed by atoms with E-state index in [4.69, 9.17) is 9.56 Å². The summed E-state index contributed by atoms with van der Waals surface area (Å²) in [7, 11) is -3.90. The largest absolute Gasteiger partial charge is 0.468 e. The maximum Gasteiger partial charge on any atom is 0.254 e. The Kier molecular flexibility index (Phi) is 8.20. The zero-order valence-corrected chi connectivity index (χ0v) is 22.0. The van der Waals surface area contributed by atoms with E-state index in [1.165, 1.54) is 54.8 Å². The minimum atomic E-state index is -3.90. The number of nitrogens with zero attached hydrogens (tertiary/aromatic N) is 1. The number of benzene rings is 2. The highest BCUT2D eigenvalue weighted by atomic mass is 32.2. The third kappa shape index (κ3) is 6.55. The van der Waals surface area contributed by atoms with Gasteiger partial charge in [-0.1, -0.05) is 11.8 Å². The van der Waals surface area contributed by atoms with E-state index >= 15 is 0 Å². The Morgan fingerprint density at radius 3 is 2.33 bits per heavy atom. The van der Waals surface area contributed by atoms with Gasteiger partial charge in [0.15, 0.2) is 0 Å². The standard InChI is InChI=1S/C26H22FN5O5S2/c1-15-23(25(34)32-18-8-10-19(11-9-18)39(29,35)36)24(21-3-2-12-37-21)20(13-28)26(30-15)38-14-22(33)31-17-6-4-16(27)5-7-17/h2-12,24,30H,14H2,1H3,(H,31,33)(H,32,34)(H2,29,35,36)/t24-/m1/s1. The number of nitriles is 1. The molecule has 0 fully saturated rings. The van der Waals surface area contributed by atoms with Gasteiger partial charge in [0.1, 0.15) is 11.6 Å². The van der Waals surface area contributed by atoms with Crippen LogP contribution < -0.4 is 21.1 Å². The second kappa shape index (κ2) is 11.6. The zero-order valence-electron chi connectivity index (χ0n) is 20.4. The van der Waals surface area contributed by atoms with Gasteiger partial charge in [0.05, 0.1) is 45.1 Å². The van der Waals surface area contributed by atoms with E-state index in [1.54, 1.807) is 19.1 Å². The summed E-state index contributed by atoms with van der Waals surface area (Å²) in [5.41, 5.74) is 1.54. The van der Waals surface area contributed by atoms with Crippen LogP contribution >= 0.6 is 11.8 Å². The van der Waals surface area contributed by atoms with Gasteiger partial charge in [-0.05, 0) is 67.6 Å². The molecule has 0 unspecified atom stereocenters. The first-order valence-corrected chi connectivity index (χ1v) is 13.9. The van der Waals surface area contributed by atoms with Crippen LogP contribution in [0.2, 0.25) is 0 Å². The minimum Gasteiger partial charge on any atom is -0.468 e. The number of hydrogen-bond donors (Lipinski definition) is 4. The van der Waals surface area contributed by atoms with Gasteiger partial charge < -0.3 is 20.4 Å². The number of carbonyl (C=O) groups excluding carboxylic acids is 2. The summed E-state index contributed by atoms with van der Waals surface area (Å²) < 4.78 is 41.7. The number of sulfonamides is 1. The maximum absolute atomic E-state index is 13.4. The number of amides is 2. The van der Waals surface area contributed by atoms with Crippen LogP contribution in [0.15, 0.2) is 98.1 Å². The van der Waals surface area contributed by atoms with Crippen LogP contribution in [-0.2, 0) is 19.6 Å². The molecule has 0 spiro atoms. The van der Waals surface area contributed by atoms with E-state index in [9.17, 15) is 27.7 Å². The number of anilines is 2. The van der Waals surface area contributed by atoms with E-state index in [0.29, 0.717) is 27.9 Å². The molecule has 0 saturated heterocycles. The number of halogens is 1. The molecule has 1 aromatic heterocycles. The maximum atomic E-state index is 13.4. The molecule has 3 aromatic rings. The number of furan rings is 1. The zero-order chi connectivity index (χ0) is 28.2. The fourth-order valence-electron chi connectivity index (χ4n) is 3.86. The molecule has 0 saturated carbocycles. The molecule has 200 valence electrons. The van der Waals surface area contributed by atoms with E-state index in [2.05, 4.69) is 22.0 Å². The third-order valence-electron chi connectivity index (χ3n) is 5.64. The van der Waals surface area contributed by atoms with Gasteiger partial charge in [0, 0.05) is 17.1 Å². The molecule has 39 heavy (non-hydrogen) atoms. The van der Waals surface area contributed by atoms with Crippen molar-refractivity contribution in [3.8, 4) is 6.07 Å². The van der Waals surface area contributed by atoms with Crippen LogP contribution in [0.4, 0.5) is 15.8 Å². The molecule has 2 aromatic carbocycles. The molecule has 5 N–H and O–H groups in total. The minimum absolute atomic E-state index is 0.0685. The predicted octanol–water partition coefficient (Wildman–Crippen LogP) is 3.77. The van der Waals surface area contributed by atoms with Gasteiger partial charge >= 0.3 is 0 Å². The van der Waals surface area contributed by atoms with Crippen molar-refractivity contribution >= 4 is 45.0 Å². The van der Waals surface area contributed by atoms with Crippen molar-refractivity contribution in [2.24, 2.45) is 5.14 Å². The molecule has 1 atom stereocenters. The quantitative estimate of drug-likeness (QED) is 0.319. The normalized spacial score (nSPS) is 15.4. The summed E-state index contributed by atoms with van der Waals surface area (Å²) >= 11 is 1.07. The molecular formula is C26H22FN5O5S2. The highest BCUT2D eigenvalue weighted by Gasteiger charge is 2.36. The number of dihydropyridines is 1. The Labute approximate surface area is 227 Å². The molecule has 2 heterocycles. The van der Waals surface area contributed by atoms with E-state index in [1.807, 2.05) is 0 Å². The van der Waals surface area contributed by atoms with Crippen LogP contribution in [0, 0.1) is 17.1 Å². The number of hydrogen-bond acceptors (Lipinski definition) is 8. The number of thioether (sulfide) groups is 1. The van der Waals surface area contributed by atoms with Crippen LogP contribution in [0.5, 0.6) is 0 Å². The molecule has 0 bridgehead atoms. The first kappa shape index (κ1) is 27.6. The smallest absolute Gasteiger partial charge is 0.254 e. The Bertz CT molecular complexity index is 1610. The Morgan fingerprint density at radius 1 is 1.10 bits per heavy atom. The molecule has 1 aliphatic heterocycles. The van der Waals surface area contributed by atoms with E-state index < -0.39 is 27.7 Å². The molecule has 4 rings (SSSR count). The summed E-state index contributed by atoms with van der Waals surface area (Å²) in [5, 5.41) is 24.0. The van der Waals surface area contributed by atoms with Gasteiger partial charge in [0.25, 0.3) is 5.91 Å². The average Bonchev–Trinajstić information content (AvgIpc) is 3.43. The number of nitrogens with one attached hydrogen (secondary N) is 3. The van der Waals surface area contributed by atoms with Crippen molar-refractivity contribution in [1.82, 2.24) is 5.32 Å². The van der Waals surface area contributed by atoms with Crippen molar-refractivity contribution in [2.75, 3.05) is 16.4 Å². The summed E-state index contributed by atoms with van der Waals surface area (Å²) in [4.78, 5) is 25.8. The lowest BCUT2D eigenvalue weighted by Gasteiger charge is -2.28. The lowest BCUT2D eigenvalue weighted by atomic mass is 9.85. The van der Waals surface area contributed by atoms with Crippen molar-refractivity contribution < 1.29 is 26.8 Å². The van der Waals surface area contributed by atoms with Gasteiger partial charge in [-0.25, -0.2) is 17.9 Å². The number of allylic oxidation sites excluding steroid dienone is 2. The Hall–Kier alpha value is -4.38. The molecule has 10 nitrogen and oxygen atoms in total. The average molecular weight is 568 g/mol. The summed E-state index contributed by atoms with van der Waals surface area (Å²) in [5.74, 6) is -1.95. The lowest BCUT2D eigenvalue weighted by Crippen LogP contribution is -2.31. The topological polar surface area (TPSA) is 167 Å². The van der Waals surface area contributed by atoms with Crippen LogP contribution in [0.25, 0.3) is 0 Å². The molecule has 1 aliphatic rings. The van der Waals surface area contributed by atoms with Gasteiger partial charge in [0.2, 0.25) is 15.9 Å². The summed E-state index contributed by atoms with van der Waals surface area (Å²) in [6.07, 6.45) is 1.42. The lowest BCUT2D eigenvalue weighted by molar-refractivity contribution is -0.114. The van der Waals surface area contributed by atoms with Crippen molar-refractivity contribution in [2.45, 2.75) is 17.7 Å². The summed E-state index contributed by atoms with van der Waals surface area (Å²) in [6.45, 7) is 1.66. The van der Waals surface area contributed by atoms with Crippen LogP contribution in [-0.4, -0.2) is 26.0 Å².